The van der Waals surface area contributed by atoms with Gasteiger partial charge in [-0.15, -0.1) is 0 Å². The summed E-state index contributed by atoms with van der Waals surface area (Å²) in [6.45, 7) is 8.64. The van der Waals surface area contributed by atoms with Crippen molar-refractivity contribution in [2.24, 2.45) is 10.8 Å². The van der Waals surface area contributed by atoms with E-state index in [1.807, 2.05) is 0 Å². The van der Waals surface area contributed by atoms with E-state index in [0.29, 0.717) is 10.8 Å². The lowest BCUT2D eigenvalue weighted by Crippen LogP contribution is -2.33. The predicted molar refractivity (Wildman–Crippen MR) is 52.2 cm³/mol. The molecule has 0 aromatic carbocycles. The molecule has 70 valence electrons. The van der Waals surface area contributed by atoms with Crippen LogP contribution in [0.1, 0.15) is 40.0 Å². The molecule has 2 fully saturated rings. The Hall–Kier alpha value is -0.0400. The molecular formula is C11H21N. The summed E-state index contributed by atoms with van der Waals surface area (Å²) in [6.07, 6.45) is 4.26. The molecule has 1 saturated carbocycles. The second kappa shape index (κ2) is 2.25. The Morgan fingerprint density at radius 1 is 1.17 bits per heavy atom. The van der Waals surface area contributed by atoms with Gasteiger partial charge < -0.3 is 4.90 Å². The molecule has 2 rings (SSSR count). The Bertz CT molecular complexity index is 193. The molecule has 2 aliphatic rings. The highest BCUT2D eigenvalue weighted by molar-refractivity contribution is 5.01. The van der Waals surface area contributed by atoms with Crippen LogP contribution in [0.25, 0.3) is 0 Å². The number of nitrogens with zero attached hydrogens (tertiary/aromatic N) is 1. The molecule has 0 aromatic rings. The van der Waals surface area contributed by atoms with Crippen molar-refractivity contribution >= 4 is 0 Å². The van der Waals surface area contributed by atoms with E-state index in [1.165, 1.54) is 25.8 Å². The molecule has 1 nitrogen and oxygen atoms in total. The number of hydrogen-bond donors (Lipinski definition) is 0. The van der Waals surface area contributed by atoms with E-state index < -0.39 is 0 Å². The summed E-state index contributed by atoms with van der Waals surface area (Å²) in [5.74, 6) is 0. The first-order chi connectivity index (χ1) is 5.40. The van der Waals surface area contributed by atoms with Gasteiger partial charge in [0.15, 0.2) is 0 Å². The average Bonchev–Trinajstić information content (AvgIpc) is 1.99. The molecule has 1 heteroatoms. The SMILES string of the molecule is CN1CC2(C)CC1CC(C)(C)C2. The molecule has 1 aliphatic carbocycles. The Morgan fingerprint density at radius 3 is 2.42 bits per heavy atom. The van der Waals surface area contributed by atoms with Gasteiger partial charge in [0.2, 0.25) is 0 Å². The van der Waals surface area contributed by atoms with Crippen LogP contribution in [-0.4, -0.2) is 24.5 Å². The van der Waals surface area contributed by atoms with Gasteiger partial charge in [-0.25, -0.2) is 0 Å². The lowest BCUT2D eigenvalue weighted by Gasteiger charge is -2.39. The molecule has 0 spiro atoms. The highest BCUT2D eigenvalue weighted by Gasteiger charge is 2.48. The number of hydrogen-bond acceptors (Lipinski definition) is 1. The molecule has 2 atom stereocenters. The van der Waals surface area contributed by atoms with E-state index in [9.17, 15) is 0 Å². The van der Waals surface area contributed by atoms with Crippen molar-refractivity contribution in [3.05, 3.63) is 0 Å². The standard InChI is InChI=1S/C11H21N/c1-10(2)5-9-6-11(3,7-10)8-12(9)4/h9H,5-8H2,1-4H3. The number of rotatable bonds is 0. The maximum absolute atomic E-state index is 2.56. The summed E-state index contributed by atoms with van der Waals surface area (Å²) in [6, 6.07) is 0.874. The minimum atomic E-state index is 0.586. The van der Waals surface area contributed by atoms with Crippen LogP contribution < -0.4 is 0 Å². The Balaban J connectivity index is 2.22. The molecule has 1 aliphatic heterocycles. The molecular weight excluding hydrogens is 146 g/mol. The van der Waals surface area contributed by atoms with Crippen molar-refractivity contribution in [1.82, 2.24) is 4.90 Å². The molecule has 0 aromatic heterocycles. The Kier molecular flexibility index (Phi) is 1.61. The van der Waals surface area contributed by atoms with Crippen LogP contribution in [-0.2, 0) is 0 Å². The van der Waals surface area contributed by atoms with Gasteiger partial charge in [-0.05, 0) is 37.1 Å². The zero-order valence-corrected chi connectivity index (χ0v) is 8.85. The van der Waals surface area contributed by atoms with Gasteiger partial charge in [-0.2, -0.15) is 0 Å². The third kappa shape index (κ3) is 1.28. The second-order valence-electron chi connectivity index (χ2n) is 6.13. The smallest absolute Gasteiger partial charge is 0.0103 e. The second-order valence-corrected chi connectivity index (χ2v) is 6.13. The minimum absolute atomic E-state index is 0.586. The van der Waals surface area contributed by atoms with Gasteiger partial charge in [-0.3, -0.25) is 0 Å². The molecule has 2 bridgehead atoms. The minimum Gasteiger partial charge on any atom is -0.303 e. The molecule has 0 N–H and O–H groups in total. The zero-order valence-electron chi connectivity index (χ0n) is 8.85. The highest BCUT2D eigenvalue weighted by Crippen LogP contribution is 2.51. The van der Waals surface area contributed by atoms with E-state index in [2.05, 4.69) is 32.7 Å². The van der Waals surface area contributed by atoms with Crippen LogP contribution in [0.5, 0.6) is 0 Å². The molecule has 1 heterocycles. The molecule has 2 unspecified atom stereocenters. The maximum Gasteiger partial charge on any atom is 0.0103 e. The van der Waals surface area contributed by atoms with Crippen molar-refractivity contribution in [3.8, 4) is 0 Å². The number of likely N-dealkylation sites (tertiary alicyclic amines) is 1. The van der Waals surface area contributed by atoms with E-state index in [0.717, 1.165) is 6.04 Å². The van der Waals surface area contributed by atoms with Gasteiger partial charge in [0.25, 0.3) is 0 Å². The normalized spacial score (nSPS) is 46.5. The summed E-state index contributed by atoms with van der Waals surface area (Å²) in [4.78, 5) is 2.56. The lowest BCUT2D eigenvalue weighted by atomic mass is 9.65. The van der Waals surface area contributed by atoms with Gasteiger partial charge in [0.05, 0.1) is 0 Å². The van der Waals surface area contributed by atoms with Crippen molar-refractivity contribution < 1.29 is 0 Å². The third-order valence-corrected chi connectivity index (χ3v) is 3.68. The molecule has 0 radical (unpaired) electrons. The first-order valence-corrected chi connectivity index (χ1v) is 5.11. The largest absolute Gasteiger partial charge is 0.303 e. The monoisotopic (exact) mass is 167 g/mol. The fourth-order valence-corrected chi connectivity index (χ4v) is 3.74. The van der Waals surface area contributed by atoms with E-state index in [1.54, 1.807) is 0 Å². The van der Waals surface area contributed by atoms with Crippen LogP contribution in [0.15, 0.2) is 0 Å². The van der Waals surface area contributed by atoms with Gasteiger partial charge in [0.1, 0.15) is 0 Å². The Labute approximate surface area is 76.1 Å². The van der Waals surface area contributed by atoms with Crippen molar-refractivity contribution in [2.45, 2.75) is 46.1 Å². The molecule has 12 heavy (non-hydrogen) atoms. The maximum atomic E-state index is 2.56. The first-order valence-electron chi connectivity index (χ1n) is 5.11. The quantitative estimate of drug-likeness (QED) is 0.536. The molecule has 1 saturated heterocycles. The Morgan fingerprint density at radius 2 is 1.83 bits per heavy atom. The third-order valence-electron chi connectivity index (χ3n) is 3.68. The molecule has 0 amide bonds. The average molecular weight is 167 g/mol. The fraction of sp³-hybridized carbons (Fsp3) is 1.00. The van der Waals surface area contributed by atoms with Crippen LogP contribution in [0.4, 0.5) is 0 Å². The van der Waals surface area contributed by atoms with Crippen LogP contribution in [0.2, 0.25) is 0 Å². The predicted octanol–water partition coefficient (Wildman–Crippen LogP) is 2.52. The van der Waals surface area contributed by atoms with E-state index >= 15 is 0 Å². The van der Waals surface area contributed by atoms with Crippen molar-refractivity contribution in [3.63, 3.8) is 0 Å². The zero-order chi connectivity index (χ0) is 8.98. The summed E-state index contributed by atoms with van der Waals surface area (Å²) < 4.78 is 0. The summed E-state index contributed by atoms with van der Waals surface area (Å²) >= 11 is 0. The van der Waals surface area contributed by atoms with E-state index in [-0.39, 0.29) is 0 Å². The van der Waals surface area contributed by atoms with Crippen LogP contribution in [0.3, 0.4) is 0 Å². The van der Waals surface area contributed by atoms with E-state index in [4.69, 9.17) is 0 Å². The summed E-state index contributed by atoms with van der Waals surface area (Å²) in [5.41, 5.74) is 1.21. The van der Waals surface area contributed by atoms with Crippen molar-refractivity contribution in [1.29, 1.82) is 0 Å². The van der Waals surface area contributed by atoms with Crippen molar-refractivity contribution in [2.75, 3.05) is 13.6 Å². The lowest BCUT2D eigenvalue weighted by molar-refractivity contribution is 0.130. The number of fused-ring (bicyclic) bond motifs is 2. The first kappa shape index (κ1) is 8.55. The summed E-state index contributed by atoms with van der Waals surface area (Å²) in [5, 5.41) is 0. The summed E-state index contributed by atoms with van der Waals surface area (Å²) in [7, 11) is 2.29. The van der Waals surface area contributed by atoms with Crippen LogP contribution >= 0.6 is 0 Å². The van der Waals surface area contributed by atoms with Gasteiger partial charge >= 0.3 is 0 Å². The van der Waals surface area contributed by atoms with Gasteiger partial charge in [-0.1, -0.05) is 20.8 Å². The topological polar surface area (TPSA) is 3.24 Å². The fourth-order valence-electron chi connectivity index (χ4n) is 3.74. The van der Waals surface area contributed by atoms with Gasteiger partial charge in [0, 0.05) is 12.6 Å². The highest BCUT2D eigenvalue weighted by atomic mass is 15.2. The van der Waals surface area contributed by atoms with Crippen LogP contribution in [0, 0.1) is 10.8 Å².